The third-order valence-electron chi connectivity index (χ3n) is 1.98. The molecule has 1 aromatic rings. The average molecular weight is 177 g/mol. The van der Waals surface area contributed by atoms with Gasteiger partial charge >= 0.3 is 0 Å². The molecule has 1 heteroatoms. The van der Waals surface area contributed by atoms with E-state index in [1.807, 2.05) is 0 Å². The summed E-state index contributed by atoms with van der Waals surface area (Å²) in [4.78, 5) is 0. The fourth-order valence-corrected chi connectivity index (χ4v) is 1.39. The Morgan fingerprint density at radius 1 is 1.00 bits per heavy atom. The molecule has 0 bridgehead atoms. The fourth-order valence-electron chi connectivity index (χ4n) is 1.39. The standard InChI is InChI=1S/C12H19N/c1-9-7-6-8-10(2)11(9)13-12(3,4)5/h6-8,13H,1-5H3. The normalized spacial score (nSPS) is 11.5. The van der Waals surface area contributed by atoms with E-state index >= 15 is 0 Å². The van der Waals surface area contributed by atoms with Crippen LogP contribution in [0.25, 0.3) is 0 Å². The fraction of sp³-hybridized carbons (Fsp3) is 0.500. The number of nitrogens with one attached hydrogen (secondary N) is 1. The van der Waals surface area contributed by atoms with Crippen molar-refractivity contribution in [2.75, 3.05) is 5.32 Å². The molecule has 13 heavy (non-hydrogen) atoms. The lowest BCUT2D eigenvalue weighted by Gasteiger charge is -2.25. The molecule has 1 N–H and O–H groups in total. The highest BCUT2D eigenvalue weighted by atomic mass is 15.0. The minimum Gasteiger partial charge on any atom is -0.380 e. The maximum Gasteiger partial charge on any atom is 0.0403 e. The van der Waals surface area contributed by atoms with Crippen LogP contribution in [0.4, 0.5) is 5.69 Å². The number of hydrogen-bond donors (Lipinski definition) is 1. The molecule has 0 radical (unpaired) electrons. The lowest BCUT2D eigenvalue weighted by Crippen LogP contribution is -2.27. The monoisotopic (exact) mass is 177 g/mol. The van der Waals surface area contributed by atoms with Gasteiger partial charge in [-0.1, -0.05) is 18.2 Å². The number of benzene rings is 1. The Morgan fingerprint density at radius 2 is 1.46 bits per heavy atom. The number of hydrogen-bond acceptors (Lipinski definition) is 1. The molecule has 0 aliphatic carbocycles. The Labute approximate surface area is 81.2 Å². The predicted octanol–water partition coefficient (Wildman–Crippen LogP) is 3.51. The summed E-state index contributed by atoms with van der Waals surface area (Å²) in [5.41, 5.74) is 4.04. The van der Waals surface area contributed by atoms with E-state index in [9.17, 15) is 0 Å². The molecule has 1 rings (SSSR count). The SMILES string of the molecule is Cc1cccc(C)c1NC(C)(C)C. The Hall–Kier alpha value is -0.980. The molecular formula is C12H19N. The molecule has 1 nitrogen and oxygen atoms in total. The van der Waals surface area contributed by atoms with Crippen LogP contribution in [0.15, 0.2) is 18.2 Å². The summed E-state index contributed by atoms with van der Waals surface area (Å²) in [6, 6.07) is 6.38. The number of rotatable bonds is 1. The number of anilines is 1. The van der Waals surface area contributed by atoms with Crippen molar-refractivity contribution in [1.29, 1.82) is 0 Å². The zero-order chi connectivity index (χ0) is 10.1. The number of aryl methyl sites for hydroxylation is 2. The average Bonchev–Trinajstić information content (AvgIpc) is 1.95. The third-order valence-corrected chi connectivity index (χ3v) is 1.98. The molecule has 0 fully saturated rings. The summed E-state index contributed by atoms with van der Waals surface area (Å²) in [5.74, 6) is 0. The maximum absolute atomic E-state index is 3.52. The van der Waals surface area contributed by atoms with Crippen molar-refractivity contribution in [3.05, 3.63) is 29.3 Å². The van der Waals surface area contributed by atoms with E-state index < -0.39 is 0 Å². The van der Waals surface area contributed by atoms with E-state index in [1.54, 1.807) is 0 Å². The summed E-state index contributed by atoms with van der Waals surface area (Å²) in [6.07, 6.45) is 0. The van der Waals surface area contributed by atoms with Crippen LogP contribution < -0.4 is 5.32 Å². The highest BCUT2D eigenvalue weighted by Crippen LogP contribution is 2.22. The van der Waals surface area contributed by atoms with Gasteiger partial charge in [0.05, 0.1) is 0 Å². The van der Waals surface area contributed by atoms with Crippen molar-refractivity contribution < 1.29 is 0 Å². The minimum absolute atomic E-state index is 0.136. The van der Waals surface area contributed by atoms with Gasteiger partial charge in [0.25, 0.3) is 0 Å². The zero-order valence-electron chi connectivity index (χ0n) is 9.23. The van der Waals surface area contributed by atoms with Gasteiger partial charge in [-0.2, -0.15) is 0 Å². The van der Waals surface area contributed by atoms with E-state index in [-0.39, 0.29) is 5.54 Å². The lowest BCUT2D eigenvalue weighted by molar-refractivity contribution is 0.632. The van der Waals surface area contributed by atoms with Gasteiger partial charge in [-0.25, -0.2) is 0 Å². The Kier molecular flexibility index (Phi) is 2.65. The molecule has 1 aromatic carbocycles. The van der Waals surface area contributed by atoms with Crippen molar-refractivity contribution in [1.82, 2.24) is 0 Å². The largest absolute Gasteiger partial charge is 0.380 e. The van der Waals surface area contributed by atoms with Crippen LogP contribution in [-0.4, -0.2) is 5.54 Å². The molecule has 0 heterocycles. The van der Waals surface area contributed by atoms with E-state index in [0.717, 1.165) is 0 Å². The van der Waals surface area contributed by atoms with Crippen molar-refractivity contribution >= 4 is 5.69 Å². The molecule has 0 unspecified atom stereocenters. The van der Waals surface area contributed by atoms with Crippen LogP contribution in [0.1, 0.15) is 31.9 Å². The van der Waals surface area contributed by atoms with Crippen molar-refractivity contribution in [2.45, 2.75) is 40.2 Å². The van der Waals surface area contributed by atoms with E-state index in [4.69, 9.17) is 0 Å². The van der Waals surface area contributed by atoms with Gasteiger partial charge in [0.15, 0.2) is 0 Å². The van der Waals surface area contributed by atoms with E-state index in [1.165, 1.54) is 16.8 Å². The van der Waals surface area contributed by atoms with Gasteiger partial charge < -0.3 is 5.32 Å². The molecule has 0 aromatic heterocycles. The van der Waals surface area contributed by atoms with Crippen LogP contribution >= 0.6 is 0 Å². The summed E-state index contributed by atoms with van der Waals surface area (Å²) >= 11 is 0. The maximum atomic E-state index is 3.52. The number of para-hydroxylation sites is 1. The summed E-state index contributed by atoms with van der Waals surface area (Å²) in [6.45, 7) is 10.8. The Bertz CT molecular complexity index is 274. The summed E-state index contributed by atoms with van der Waals surface area (Å²) in [5, 5.41) is 3.52. The van der Waals surface area contributed by atoms with Gasteiger partial charge in [0.1, 0.15) is 0 Å². The van der Waals surface area contributed by atoms with Crippen LogP contribution in [0.5, 0.6) is 0 Å². The van der Waals surface area contributed by atoms with Gasteiger partial charge in [0.2, 0.25) is 0 Å². The topological polar surface area (TPSA) is 12.0 Å². The third kappa shape index (κ3) is 2.76. The Morgan fingerprint density at radius 3 is 1.85 bits per heavy atom. The Balaban J connectivity index is 3.00. The van der Waals surface area contributed by atoms with E-state index in [2.05, 4.69) is 58.1 Å². The molecule has 0 atom stereocenters. The minimum atomic E-state index is 0.136. The molecule has 72 valence electrons. The van der Waals surface area contributed by atoms with Crippen molar-refractivity contribution in [3.8, 4) is 0 Å². The summed E-state index contributed by atoms with van der Waals surface area (Å²) < 4.78 is 0. The van der Waals surface area contributed by atoms with Gasteiger partial charge in [-0.3, -0.25) is 0 Å². The van der Waals surface area contributed by atoms with Crippen LogP contribution in [0, 0.1) is 13.8 Å². The second kappa shape index (κ2) is 3.41. The highest BCUT2D eigenvalue weighted by molar-refractivity contribution is 5.57. The lowest BCUT2D eigenvalue weighted by atomic mass is 10.0. The molecule has 0 aliphatic rings. The van der Waals surface area contributed by atoms with Gasteiger partial charge in [-0.05, 0) is 45.7 Å². The highest BCUT2D eigenvalue weighted by Gasteiger charge is 2.11. The van der Waals surface area contributed by atoms with Crippen molar-refractivity contribution in [2.24, 2.45) is 0 Å². The van der Waals surface area contributed by atoms with Crippen LogP contribution in [0.3, 0.4) is 0 Å². The van der Waals surface area contributed by atoms with Crippen LogP contribution in [0.2, 0.25) is 0 Å². The van der Waals surface area contributed by atoms with Crippen molar-refractivity contribution in [3.63, 3.8) is 0 Å². The first-order valence-electron chi connectivity index (χ1n) is 4.74. The quantitative estimate of drug-likeness (QED) is 0.692. The molecule has 0 saturated heterocycles. The molecule has 0 aliphatic heterocycles. The first-order chi connectivity index (χ1) is 5.90. The van der Waals surface area contributed by atoms with Gasteiger partial charge in [-0.15, -0.1) is 0 Å². The van der Waals surface area contributed by atoms with Crippen LogP contribution in [-0.2, 0) is 0 Å². The molecule has 0 spiro atoms. The molecule has 0 saturated carbocycles. The smallest absolute Gasteiger partial charge is 0.0403 e. The first kappa shape index (κ1) is 10.1. The molecule has 0 amide bonds. The second-order valence-corrected chi connectivity index (χ2v) is 4.64. The van der Waals surface area contributed by atoms with E-state index in [0.29, 0.717) is 0 Å². The zero-order valence-corrected chi connectivity index (χ0v) is 9.23. The first-order valence-corrected chi connectivity index (χ1v) is 4.74. The second-order valence-electron chi connectivity index (χ2n) is 4.64. The predicted molar refractivity (Wildman–Crippen MR) is 59.3 cm³/mol. The summed E-state index contributed by atoms with van der Waals surface area (Å²) in [7, 11) is 0. The van der Waals surface area contributed by atoms with Gasteiger partial charge in [0, 0.05) is 11.2 Å². The molecular weight excluding hydrogens is 158 g/mol.